The predicted octanol–water partition coefficient (Wildman–Crippen LogP) is 2.41. The Labute approximate surface area is 101 Å². The number of nitrogens with zero attached hydrogens (tertiary/aromatic N) is 1. The Kier molecular flexibility index (Phi) is 4.69. The number of carbonyl (C=O) groups is 2. The molecule has 0 N–H and O–H groups in total. The van der Waals surface area contributed by atoms with Gasteiger partial charge in [0.15, 0.2) is 0 Å². The van der Waals surface area contributed by atoms with Gasteiger partial charge in [0.05, 0.1) is 11.6 Å². The van der Waals surface area contributed by atoms with Crippen LogP contribution < -0.4 is 0 Å². The molecule has 0 aromatic heterocycles. The molecule has 0 aliphatic carbocycles. The van der Waals surface area contributed by atoms with Crippen LogP contribution in [-0.2, 0) is 9.63 Å². The van der Waals surface area contributed by atoms with Crippen molar-refractivity contribution in [3.05, 3.63) is 35.9 Å². The molecule has 0 unspecified atom stereocenters. The number of hydrogen-bond acceptors (Lipinski definition) is 3. The number of amides is 1. The van der Waals surface area contributed by atoms with Gasteiger partial charge in [-0.2, -0.15) is 5.06 Å². The van der Waals surface area contributed by atoms with Crippen LogP contribution in [0.15, 0.2) is 30.3 Å². The third kappa shape index (κ3) is 3.59. The molecule has 0 atom stereocenters. The van der Waals surface area contributed by atoms with Crippen molar-refractivity contribution in [2.75, 3.05) is 0 Å². The standard InChI is InChI=1S/C13H17NO3/c1-4-12(15)14(10(2)3)17-13(16)11-8-6-5-7-9-11/h5-10H,4H2,1-3H3. The van der Waals surface area contributed by atoms with Crippen LogP contribution in [0.4, 0.5) is 0 Å². The minimum atomic E-state index is -0.513. The highest BCUT2D eigenvalue weighted by molar-refractivity contribution is 5.90. The lowest BCUT2D eigenvalue weighted by Crippen LogP contribution is -2.38. The van der Waals surface area contributed by atoms with E-state index in [1.807, 2.05) is 6.07 Å². The largest absolute Gasteiger partial charge is 0.363 e. The van der Waals surface area contributed by atoms with Crippen molar-refractivity contribution in [3.8, 4) is 0 Å². The summed E-state index contributed by atoms with van der Waals surface area (Å²) < 4.78 is 0. The van der Waals surface area contributed by atoms with E-state index >= 15 is 0 Å². The summed E-state index contributed by atoms with van der Waals surface area (Å²) >= 11 is 0. The molecule has 1 rings (SSSR count). The van der Waals surface area contributed by atoms with E-state index in [1.165, 1.54) is 0 Å². The summed E-state index contributed by atoms with van der Waals surface area (Å²) in [5, 5.41) is 1.12. The summed E-state index contributed by atoms with van der Waals surface area (Å²) in [4.78, 5) is 28.4. The third-order valence-corrected chi connectivity index (χ3v) is 2.21. The minimum Gasteiger partial charge on any atom is -0.332 e. The summed E-state index contributed by atoms with van der Waals surface area (Å²) in [6.45, 7) is 5.33. The first-order valence-electron chi connectivity index (χ1n) is 5.65. The molecule has 0 saturated carbocycles. The molecule has 1 amide bonds. The van der Waals surface area contributed by atoms with Gasteiger partial charge in [-0.1, -0.05) is 25.1 Å². The lowest BCUT2D eigenvalue weighted by Gasteiger charge is -2.24. The Morgan fingerprint density at radius 1 is 1.24 bits per heavy atom. The molecule has 4 heteroatoms. The Hall–Kier alpha value is -1.84. The van der Waals surface area contributed by atoms with Crippen LogP contribution in [0.1, 0.15) is 37.6 Å². The number of carbonyl (C=O) groups excluding carboxylic acids is 2. The molecule has 0 bridgehead atoms. The molecule has 0 fully saturated rings. The number of hydroxylamine groups is 2. The van der Waals surface area contributed by atoms with Gasteiger partial charge >= 0.3 is 5.97 Å². The lowest BCUT2D eigenvalue weighted by molar-refractivity contribution is -0.174. The topological polar surface area (TPSA) is 46.6 Å². The Morgan fingerprint density at radius 2 is 1.82 bits per heavy atom. The molecule has 0 heterocycles. The molecule has 92 valence electrons. The first kappa shape index (κ1) is 13.2. The Bertz CT molecular complexity index is 387. The molecule has 0 aliphatic heterocycles. The van der Waals surface area contributed by atoms with Crippen molar-refractivity contribution in [3.63, 3.8) is 0 Å². The second kappa shape index (κ2) is 6.03. The first-order chi connectivity index (χ1) is 8.06. The fraction of sp³-hybridized carbons (Fsp3) is 0.385. The molecule has 4 nitrogen and oxygen atoms in total. The molecule has 0 spiro atoms. The SMILES string of the molecule is CCC(=O)N(OC(=O)c1ccccc1)C(C)C. The first-order valence-corrected chi connectivity index (χ1v) is 5.65. The molecule has 1 aromatic carbocycles. The van der Waals surface area contributed by atoms with Gasteiger partial charge < -0.3 is 4.84 Å². The maximum absolute atomic E-state index is 11.8. The van der Waals surface area contributed by atoms with Gasteiger partial charge in [-0.05, 0) is 26.0 Å². The maximum atomic E-state index is 11.8. The van der Waals surface area contributed by atoms with E-state index in [2.05, 4.69) is 0 Å². The van der Waals surface area contributed by atoms with E-state index < -0.39 is 5.97 Å². The van der Waals surface area contributed by atoms with Crippen molar-refractivity contribution in [1.29, 1.82) is 0 Å². The normalized spacial score (nSPS) is 10.1. The maximum Gasteiger partial charge on any atom is 0.363 e. The van der Waals surface area contributed by atoms with Gasteiger partial charge in [-0.25, -0.2) is 4.79 Å². The molecule has 0 radical (unpaired) electrons. The van der Waals surface area contributed by atoms with Gasteiger partial charge in [0.2, 0.25) is 0 Å². The van der Waals surface area contributed by atoms with E-state index in [9.17, 15) is 9.59 Å². The van der Waals surface area contributed by atoms with Crippen molar-refractivity contribution in [2.45, 2.75) is 33.2 Å². The van der Waals surface area contributed by atoms with E-state index in [0.717, 1.165) is 5.06 Å². The van der Waals surface area contributed by atoms with Crippen LogP contribution in [0.25, 0.3) is 0 Å². The van der Waals surface area contributed by atoms with Gasteiger partial charge in [-0.15, -0.1) is 0 Å². The molecular weight excluding hydrogens is 218 g/mol. The molecule has 1 aromatic rings. The average molecular weight is 235 g/mol. The molecule has 0 aliphatic rings. The van der Waals surface area contributed by atoms with E-state index in [1.54, 1.807) is 45.0 Å². The highest BCUT2D eigenvalue weighted by atomic mass is 16.7. The fourth-order valence-electron chi connectivity index (χ4n) is 1.32. The van der Waals surface area contributed by atoms with E-state index in [-0.39, 0.29) is 11.9 Å². The van der Waals surface area contributed by atoms with Gasteiger partial charge in [0.25, 0.3) is 5.91 Å². The number of hydrogen-bond donors (Lipinski definition) is 0. The van der Waals surface area contributed by atoms with Crippen LogP contribution in [0.5, 0.6) is 0 Å². The highest BCUT2D eigenvalue weighted by Gasteiger charge is 2.20. The monoisotopic (exact) mass is 235 g/mol. The zero-order chi connectivity index (χ0) is 12.8. The average Bonchev–Trinajstić information content (AvgIpc) is 2.35. The number of benzene rings is 1. The summed E-state index contributed by atoms with van der Waals surface area (Å²) in [6, 6.07) is 8.44. The van der Waals surface area contributed by atoms with Crippen LogP contribution in [0.2, 0.25) is 0 Å². The third-order valence-electron chi connectivity index (χ3n) is 2.21. The van der Waals surface area contributed by atoms with Gasteiger partial charge in [-0.3, -0.25) is 4.79 Å². The summed E-state index contributed by atoms with van der Waals surface area (Å²) in [6.07, 6.45) is 0.306. The second-order valence-corrected chi connectivity index (χ2v) is 3.91. The van der Waals surface area contributed by atoms with Crippen LogP contribution >= 0.6 is 0 Å². The van der Waals surface area contributed by atoms with Gasteiger partial charge in [0, 0.05) is 6.42 Å². The van der Waals surface area contributed by atoms with Crippen molar-refractivity contribution >= 4 is 11.9 Å². The molecule has 0 saturated heterocycles. The summed E-state index contributed by atoms with van der Waals surface area (Å²) in [5.74, 6) is -0.717. The predicted molar refractivity (Wildman–Crippen MR) is 64.1 cm³/mol. The number of rotatable bonds is 3. The van der Waals surface area contributed by atoms with Gasteiger partial charge in [0.1, 0.15) is 0 Å². The van der Waals surface area contributed by atoms with Crippen LogP contribution in [0, 0.1) is 0 Å². The molecular formula is C13H17NO3. The smallest absolute Gasteiger partial charge is 0.332 e. The minimum absolute atomic E-state index is 0.171. The van der Waals surface area contributed by atoms with Crippen molar-refractivity contribution in [2.24, 2.45) is 0 Å². The summed E-state index contributed by atoms with van der Waals surface area (Å²) in [7, 11) is 0. The second-order valence-electron chi connectivity index (χ2n) is 3.91. The zero-order valence-electron chi connectivity index (χ0n) is 10.3. The Morgan fingerprint density at radius 3 is 2.29 bits per heavy atom. The zero-order valence-corrected chi connectivity index (χ0v) is 10.3. The lowest BCUT2D eigenvalue weighted by atomic mass is 10.2. The van der Waals surface area contributed by atoms with E-state index in [0.29, 0.717) is 12.0 Å². The van der Waals surface area contributed by atoms with Crippen molar-refractivity contribution < 1.29 is 14.4 Å². The van der Waals surface area contributed by atoms with Crippen LogP contribution in [0.3, 0.4) is 0 Å². The fourth-order valence-corrected chi connectivity index (χ4v) is 1.32. The van der Waals surface area contributed by atoms with Crippen molar-refractivity contribution in [1.82, 2.24) is 5.06 Å². The molecule has 17 heavy (non-hydrogen) atoms. The van der Waals surface area contributed by atoms with Crippen LogP contribution in [-0.4, -0.2) is 23.0 Å². The highest BCUT2D eigenvalue weighted by Crippen LogP contribution is 2.08. The van der Waals surface area contributed by atoms with E-state index in [4.69, 9.17) is 4.84 Å². The summed E-state index contributed by atoms with van der Waals surface area (Å²) in [5.41, 5.74) is 0.432. The quantitative estimate of drug-likeness (QED) is 0.756. The Balaban J connectivity index is 2.75.